The lowest BCUT2D eigenvalue weighted by Gasteiger charge is -2.26. The molecule has 0 saturated carbocycles. The first-order valence-corrected chi connectivity index (χ1v) is 7.08. The summed E-state index contributed by atoms with van der Waals surface area (Å²) < 4.78 is 18.1. The number of hydrogen-bond donors (Lipinski definition) is 1. The van der Waals surface area contributed by atoms with Gasteiger partial charge in [-0.25, -0.2) is 4.39 Å². The number of ether oxygens (including phenoxy) is 1. The fraction of sp³-hybridized carbons (Fsp3) is 0.467. The van der Waals surface area contributed by atoms with Crippen LogP contribution in [0.3, 0.4) is 0 Å². The number of nitrogens with one attached hydrogen (secondary N) is 1. The fourth-order valence-corrected chi connectivity index (χ4v) is 2.19. The summed E-state index contributed by atoms with van der Waals surface area (Å²) in [6, 6.07) is 5.56. The van der Waals surface area contributed by atoms with Crippen LogP contribution in [0.15, 0.2) is 24.3 Å². The zero-order chi connectivity index (χ0) is 15.1. The maximum Gasteiger partial charge on any atom is 0.258 e. The molecule has 0 unspecified atom stereocenters. The molecular formula is C15H19FN2O3. The standard InChI is InChI=1S/C15H19FN2O3/c16-12-5-4-6-13(9-12)21-11-14(19)17-10-15(20)18-7-2-1-3-8-18/h4-6,9H,1-3,7-8,10-11H2,(H,17,19). The van der Waals surface area contributed by atoms with E-state index in [1.54, 1.807) is 11.0 Å². The van der Waals surface area contributed by atoms with Gasteiger partial charge in [0.05, 0.1) is 6.54 Å². The van der Waals surface area contributed by atoms with E-state index >= 15 is 0 Å². The van der Waals surface area contributed by atoms with Crippen molar-refractivity contribution in [3.8, 4) is 5.75 Å². The Kier molecular flexibility index (Phi) is 5.54. The third-order valence-electron chi connectivity index (χ3n) is 3.31. The number of carbonyl (C=O) groups is 2. The summed E-state index contributed by atoms with van der Waals surface area (Å²) in [7, 11) is 0. The predicted octanol–water partition coefficient (Wildman–Crippen LogP) is 1.33. The number of piperidine rings is 1. The molecule has 0 atom stereocenters. The molecule has 5 nitrogen and oxygen atoms in total. The van der Waals surface area contributed by atoms with Crippen molar-refractivity contribution in [1.29, 1.82) is 0 Å². The highest BCUT2D eigenvalue weighted by atomic mass is 19.1. The van der Waals surface area contributed by atoms with E-state index in [1.807, 2.05) is 0 Å². The molecule has 1 heterocycles. The number of carbonyl (C=O) groups excluding carboxylic acids is 2. The SMILES string of the molecule is O=C(COc1cccc(F)c1)NCC(=O)N1CCCCC1. The van der Waals surface area contributed by atoms with Gasteiger partial charge in [0.1, 0.15) is 11.6 Å². The quantitative estimate of drug-likeness (QED) is 0.891. The van der Waals surface area contributed by atoms with Crippen molar-refractivity contribution in [2.24, 2.45) is 0 Å². The van der Waals surface area contributed by atoms with Crippen molar-refractivity contribution in [1.82, 2.24) is 10.2 Å². The van der Waals surface area contributed by atoms with E-state index in [0.29, 0.717) is 0 Å². The van der Waals surface area contributed by atoms with E-state index in [-0.39, 0.29) is 24.8 Å². The molecule has 21 heavy (non-hydrogen) atoms. The van der Waals surface area contributed by atoms with Gasteiger partial charge in [-0.1, -0.05) is 6.07 Å². The summed E-state index contributed by atoms with van der Waals surface area (Å²) in [6.07, 6.45) is 3.18. The molecule has 0 aromatic heterocycles. The molecule has 0 aliphatic carbocycles. The maximum absolute atomic E-state index is 12.9. The predicted molar refractivity (Wildman–Crippen MR) is 75.3 cm³/mol. The topological polar surface area (TPSA) is 58.6 Å². The van der Waals surface area contributed by atoms with E-state index in [1.165, 1.54) is 18.2 Å². The monoisotopic (exact) mass is 294 g/mol. The van der Waals surface area contributed by atoms with Crippen LogP contribution < -0.4 is 10.1 Å². The molecule has 0 spiro atoms. The van der Waals surface area contributed by atoms with Crippen LogP contribution in [-0.4, -0.2) is 43.0 Å². The first kappa shape index (κ1) is 15.3. The van der Waals surface area contributed by atoms with Crippen molar-refractivity contribution in [3.05, 3.63) is 30.1 Å². The fourth-order valence-electron chi connectivity index (χ4n) is 2.19. The maximum atomic E-state index is 12.9. The minimum Gasteiger partial charge on any atom is -0.484 e. The highest BCUT2D eigenvalue weighted by Gasteiger charge is 2.16. The molecule has 0 bridgehead atoms. The van der Waals surface area contributed by atoms with Gasteiger partial charge < -0.3 is 15.0 Å². The van der Waals surface area contributed by atoms with E-state index < -0.39 is 11.7 Å². The molecule has 1 aliphatic heterocycles. The van der Waals surface area contributed by atoms with Gasteiger partial charge in [0, 0.05) is 19.2 Å². The van der Waals surface area contributed by atoms with E-state index in [0.717, 1.165) is 32.4 Å². The van der Waals surface area contributed by atoms with Crippen LogP contribution in [0.2, 0.25) is 0 Å². The van der Waals surface area contributed by atoms with Crippen molar-refractivity contribution in [2.75, 3.05) is 26.2 Å². The second-order valence-electron chi connectivity index (χ2n) is 4.96. The Morgan fingerprint density at radius 2 is 2.00 bits per heavy atom. The van der Waals surface area contributed by atoms with Crippen LogP contribution >= 0.6 is 0 Å². The van der Waals surface area contributed by atoms with Crippen LogP contribution in [0, 0.1) is 5.82 Å². The van der Waals surface area contributed by atoms with Crippen molar-refractivity contribution in [3.63, 3.8) is 0 Å². The van der Waals surface area contributed by atoms with Crippen LogP contribution in [-0.2, 0) is 9.59 Å². The highest BCUT2D eigenvalue weighted by Crippen LogP contribution is 2.11. The normalized spacial score (nSPS) is 14.6. The summed E-state index contributed by atoms with van der Waals surface area (Å²) in [6.45, 7) is 1.26. The van der Waals surface area contributed by atoms with Crippen LogP contribution in [0.25, 0.3) is 0 Å². The number of nitrogens with zero attached hydrogens (tertiary/aromatic N) is 1. The lowest BCUT2D eigenvalue weighted by molar-refractivity contribution is -0.134. The Morgan fingerprint density at radius 1 is 1.24 bits per heavy atom. The van der Waals surface area contributed by atoms with Crippen LogP contribution in [0.5, 0.6) is 5.75 Å². The lowest BCUT2D eigenvalue weighted by Crippen LogP contribution is -2.43. The van der Waals surface area contributed by atoms with Gasteiger partial charge in [-0.2, -0.15) is 0 Å². The van der Waals surface area contributed by atoms with E-state index in [4.69, 9.17) is 4.74 Å². The van der Waals surface area contributed by atoms with Gasteiger partial charge >= 0.3 is 0 Å². The van der Waals surface area contributed by atoms with Crippen LogP contribution in [0.4, 0.5) is 4.39 Å². The smallest absolute Gasteiger partial charge is 0.258 e. The van der Waals surface area contributed by atoms with E-state index in [2.05, 4.69) is 5.32 Å². The number of rotatable bonds is 5. The van der Waals surface area contributed by atoms with Crippen molar-refractivity contribution >= 4 is 11.8 Å². The summed E-state index contributed by atoms with van der Waals surface area (Å²) in [5.41, 5.74) is 0. The Bertz CT molecular complexity index is 501. The second kappa shape index (κ2) is 7.61. The number of likely N-dealkylation sites (tertiary alicyclic amines) is 1. The number of amides is 2. The zero-order valence-corrected chi connectivity index (χ0v) is 11.8. The Morgan fingerprint density at radius 3 is 2.71 bits per heavy atom. The Balaban J connectivity index is 1.68. The van der Waals surface area contributed by atoms with Crippen LogP contribution in [0.1, 0.15) is 19.3 Å². The average Bonchev–Trinajstić information content (AvgIpc) is 2.51. The van der Waals surface area contributed by atoms with Gasteiger partial charge in [-0.05, 0) is 31.4 Å². The summed E-state index contributed by atoms with van der Waals surface area (Å²) >= 11 is 0. The average molecular weight is 294 g/mol. The minimum atomic E-state index is -0.423. The second-order valence-corrected chi connectivity index (χ2v) is 4.96. The molecule has 6 heteroatoms. The minimum absolute atomic E-state index is 0.0225. The summed E-state index contributed by atoms with van der Waals surface area (Å²) in [5, 5.41) is 2.52. The number of benzene rings is 1. The number of hydrogen-bond acceptors (Lipinski definition) is 3. The lowest BCUT2D eigenvalue weighted by atomic mass is 10.1. The molecule has 1 fully saturated rings. The first-order valence-electron chi connectivity index (χ1n) is 7.08. The summed E-state index contributed by atoms with van der Waals surface area (Å²) in [4.78, 5) is 25.2. The van der Waals surface area contributed by atoms with Crippen molar-refractivity contribution in [2.45, 2.75) is 19.3 Å². The molecule has 0 radical (unpaired) electrons. The Labute approximate surface area is 123 Å². The molecule has 1 aliphatic rings. The van der Waals surface area contributed by atoms with Gasteiger partial charge in [0.15, 0.2) is 6.61 Å². The molecule has 1 aromatic carbocycles. The molecule has 1 N–H and O–H groups in total. The zero-order valence-electron chi connectivity index (χ0n) is 11.8. The van der Waals surface area contributed by atoms with Gasteiger partial charge in [-0.3, -0.25) is 9.59 Å². The molecule has 1 saturated heterocycles. The highest BCUT2D eigenvalue weighted by molar-refractivity contribution is 5.85. The third kappa shape index (κ3) is 5.06. The third-order valence-corrected chi connectivity index (χ3v) is 3.31. The molecule has 1 aromatic rings. The summed E-state index contributed by atoms with van der Waals surface area (Å²) in [5.74, 6) is -0.612. The first-order chi connectivity index (χ1) is 10.1. The molecule has 2 amide bonds. The van der Waals surface area contributed by atoms with Gasteiger partial charge in [0.25, 0.3) is 5.91 Å². The van der Waals surface area contributed by atoms with Gasteiger partial charge in [-0.15, -0.1) is 0 Å². The van der Waals surface area contributed by atoms with E-state index in [9.17, 15) is 14.0 Å². The molecule has 114 valence electrons. The molecule has 2 rings (SSSR count). The Hall–Kier alpha value is -2.11. The molecular weight excluding hydrogens is 275 g/mol. The van der Waals surface area contributed by atoms with Crippen molar-refractivity contribution < 1.29 is 18.7 Å². The number of halogens is 1. The largest absolute Gasteiger partial charge is 0.484 e. The van der Waals surface area contributed by atoms with Gasteiger partial charge in [0.2, 0.25) is 5.91 Å².